The van der Waals surface area contributed by atoms with Gasteiger partial charge in [0.25, 0.3) is 0 Å². The van der Waals surface area contributed by atoms with Crippen molar-refractivity contribution in [2.45, 2.75) is 51.1 Å². The second-order valence-electron chi connectivity index (χ2n) is 7.87. The van der Waals surface area contributed by atoms with Crippen LogP contribution in [0.15, 0.2) is 34.9 Å². The van der Waals surface area contributed by atoms with Crippen molar-refractivity contribution in [3.8, 4) is 0 Å². The van der Waals surface area contributed by atoms with Crippen molar-refractivity contribution in [3.63, 3.8) is 0 Å². The average Bonchev–Trinajstić information content (AvgIpc) is 3.10. The molecule has 1 aromatic carbocycles. The van der Waals surface area contributed by atoms with Gasteiger partial charge in [0.15, 0.2) is 0 Å². The van der Waals surface area contributed by atoms with Crippen molar-refractivity contribution in [1.82, 2.24) is 15.0 Å². The number of likely N-dealkylation sites (N-methyl/N-ethyl adjacent to an activating group) is 1. The van der Waals surface area contributed by atoms with Crippen molar-refractivity contribution >= 4 is 5.91 Å². The molecular formula is C21H27N3O2. The molecule has 5 heteroatoms. The number of aryl methyl sites for hydroxylation is 2. The van der Waals surface area contributed by atoms with Crippen LogP contribution in [0.5, 0.6) is 0 Å². The molecule has 0 N–H and O–H groups in total. The number of amides is 1. The summed E-state index contributed by atoms with van der Waals surface area (Å²) >= 11 is 0. The first-order chi connectivity index (χ1) is 12.5. The Morgan fingerprint density at radius 2 is 1.88 bits per heavy atom. The maximum atomic E-state index is 12.9. The SMILES string of the molecule is Cc1noc(C)c1CN1CCC2(CC1)CC(c1ccccc1)C(=O)N2C. The Labute approximate surface area is 155 Å². The third-order valence-corrected chi connectivity index (χ3v) is 6.48. The molecule has 26 heavy (non-hydrogen) atoms. The fraction of sp³-hybridized carbons (Fsp3) is 0.524. The molecule has 1 aromatic heterocycles. The Bertz CT molecular complexity index is 771. The fourth-order valence-electron chi connectivity index (χ4n) is 4.64. The third-order valence-electron chi connectivity index (χ3n) is 6.48. The van der Waals surface area contributed by atoms with Crippen LogP contribution in [0, 0.1) is 13.8 Å². The van der Waals surface area contributed by atoms with Gasteiger partial charge in [0.2, 0.25) is 5.91 Å². The zero-order chi connectivity index (χ0) is 18.3. The van der Waals surface area contributed by atoms with E-state index in [1.165, 1.54) is 5.56 Å². The van der Waals surface area contributed by atoms with Gasteiger partial charge in [0.1, 0.15) is 5.76 Å². The van der Waals surface area contributed by atoms with Crippen LogP contribution < -0.4 is 0 Å². The zero-order valence-corrected chi connectivity index (χ0v) is 15.9. The summed E-state index contributed by atoms with van der Waals surface area (Å²) in [6.45, 7) is 6.88. The predicted molar refractivity (Wildman–Crippen MR) is 99.8 cm³/mol. The molecule has 2 aliphatic rings. The molecule has 2 aliphatic heterocycles. The quantitative estimate of drug-likeness (QED) is 0.850. The molecule has 138 valence electrons. The Hall–Kier alpha value is -2.14. The Morgan fingerprint density at radius 3 is 2.50 bits per heavy atom. The van der Waals surface area contributed by atoms with Gasteiger partial charge in [-0.15, -0.1) is 0 Å². The monoisotopic (exact) mass is 353 g/mol. The highest BCUT2D eigenvalue weighted by molar-refractivity contribution is 5.87. The fourth-order valence-corrected chi connectivity index (χ4v) is 4.64. The first-order valence-electron chi connectivity index (χ1n) is 9.47. The van der Waals surface area contributed by atoms with Crippen LogP contribution in [0.3, 0.4) is 0 Å². The molecule has 3 heterocycles. The predicted octanol–water partition coefficient (Wildman–Crippen LogP) is 3.27. The van der Waals surface area contributed by atoms with E-state index in [-0.39, 0.29) is 17.4 Å². The minimum absolute atomic E-state index is 0.00677. The summed E-state index contributed by atoms with van der Waals surface area (Å²) < 4.78 is 5.29. The summed E-state index contributed by atoms with van der Waals surface area (Å²) in [6.07, 6.45) is 3.00. The van der Waals surface area contributed by atoms with E-state index in [9.17, 15) is 4.79 Å². The number of hydrogen-bond donors (Lipinski definition) is 0. The molecule has 0 saturated carbocycles. The molecule has 1 atom stereocenters. The molecule has 0 radical (unpaired) electrons. The van der Waals surface area contributed by atoms with Crippen molar-refractivity contribution in [2.75, 3.05) is 20.1 Å². The topological polar surface area (TPSA) is 49.6 Å². The summed E-state index contributed by atoms with van der Waals surface area (Å²) in [4.78, 5) is 17.4. The van der Waals surface area contributed by atoms with Gasteiger partial charge in [0, 0.05) is 37.8 Å². The molecule has 1 spiro atoms. The largest absolute Gasteiger partial charge is 0.361 e. The molecule has 5 nitrogen and oxygen atoms in total. The molecule has 1 amide bonds. The van der Waals surface area contributed by atoms with Crippen LogP contribution in [-0.2, 0) is 11.3 Å². The van der Waals surface area contributed by atoms with E-state index < -0.39 is 0 Å². The van der Waals surface area contributed by atoms with Crippen LogP contribution in [0.1, 0.15) is 47.8 Å². The first kappa shape index (κ1) is 17.3. The number of hydrogen-bond acceptors (Lipinski definition) is 4. The van der Waals surface area contributed by atoms with E-state index in [0.717, 1.165) is 55.9 Å². The van der Waals surface area contributed by atoms with Gasteiger partial charge in [-0.05, 0) is 38.7 Å². The number of rotatable bonds is 3. The van der Waals surface area contributed by atoms with Crippen molar-refractivity contribution in [1.29, 1.82) is 0 Å². The number of piperidine rings is 1. The Kier molecular flexibility index (Phi) is 4.35. The first-order valence-corrected chi connectivity index (χ1v) is 9.47. The molecule has 2 fully saturated rings. The van der Waals surface area contributed by atoms with Crippen LogP contribution in [0.25, 0.3) is 0 Å². The zero-order valence-electron chi connectivity index (χ0n) is 15.9. The Morgan fingerprint density at radius 1 is 1.19 bits per heavy atom. The minimum Gasteiger partial charge on any atom is -0.361 e. The molecule has 2 aromatic rings. The van der Waals surface area contributed by atoms with Gasteiger partial charge in [0.05, 0.1) is 11.6 Å². The summed E-state index contributed by atoms with van der Waals surface area (Å²) in [7, 11) is 2.00. The second kappa shape index (κ2) is 6.54. The van der Waals surface area contributed by atoms with E-state index in [4.69, 9.17) is 4.52 Å². The van der Waals surface area contributed by atoms with Crippen LogP contribution >= 0.6 is 0 Å². The lowest BCUT2D eigenvalue weighted by Crippen LogP contribution is -2.51. The average molecular weight is 353 g/mol. The normalized spacial score (nSPS) is 23.1. The maximum absolute atomic E-state index is 12.9. The second-order valence-corrected chi connectivity index (χ2v) is 7.87. The number of carbonyl (C=O) groups excluding carboxylic acids is 1. The van der Waals surface area contributed by atoms with Crippen LogP contribution in [0.4, 0.5) is 0 Å². The summed E-state index contributed by atoms with van der Waals surface area (Å²) in [5, 5.41) is 4.06. The standard InChI is InChI=1S/C21H27N3O2/c1-15-19(16(2)26-22-15)14-24-11-9-21(10-12-24)13-18(20(25)23(21)3)17-7-5-4-6-8-17/h4-8,18H,9-14H2,1-3H3. The highest BCUT2D eigenvalue weighted by atomic mass is 16.5. The number of aromatic nitrogens is 1. The van der Waals surface area contributed by atoms with Gasteiger partial charge in [-0.2, -0.15) is 0 Å². The van der Waals surface area contributed by atoms with Crippen molar-refractivity contribution in [3.05, 3.63) is 52.9 Å². The molecule has 0 aliphatic carbocycles. The van der Waals surface area contributed by atoms with Crippen LogP contribution in [0.2, 0.25) is 0 Å². The van der Waals surface area contributed by atoms with Crippen molar-refractivity contribution < 1.29 is 9.32 Å². The molecular weight excluding hydrogens is 326 g/mol. The summed E-state index contributed by atoms with van der Waals surface area (Å²) in [5.74, 6) is 1.20. The van der Waals surface area contributed by atoms with Gasteiger partial charge in [-0.1, -0.05) is 35.5 Å². The van der Waals surface area contributed by atoms with Gasteiger partial charge in [-0.3, -0.25) is 9.69 Å². The highest BCUT2D eigenvalue weighted by Gasteiger charge is 2.50. The maximum Gasteiger partial charge on any atom is 0.230 e. The third kappa shape index (κ3) is 2.84. The lowest BCUT2D eigenvalue weighted by atomic mass is 9.81. The number of likely N-dealkylation sites (tertiary alicyclic amines) is 2. The molecule has 4 rings (SSSR count). The molecule has 0 bridgehead atoms. The van der Waals surface area contributed by atoms with Gasteiger partial charge >= 0.3 is 0 Å². The van der Waals surface area contributed by atoms with E-state index in [1.54, 1.807) is 0 Å². The lowest BCUT2D eigenvalue weighted by Gasteiger charge is -2.43. The van der Waals surface area contributed by atoms with E-state index in [0.29, 0.717) is 0 Å². The molecule has 1 unspecified atom stereocenters. The van der Waals surface area contributed by atoms with Crippen molar-refractivity contribution in [2.24, 2.45) is 0 Å². The van der Waals surface area contributed by atoms with Gasteiger partial charge in [-0.25, -0.2) is 0 Å². The number of carbonyl (C=O) groups is 1. The smallest absolute Gasteiger partial charge is 0.230 e. The highest BCUT2D eigenvalue weighted by Crippen LogP contribution is 2.45. The van der Waals surface area contributed by atoms with Crippen LogP contribution in [-0.4, -0.2) is 46.5 Å². The number of benzene rings is 1. The van der Waals surface area contributed by atoms with Gasteiger partial charge < -0.3 is 9.42 Å². The summed E-state index contributed by atoms with van der Waals surface area (Å²) in [5.41, 5.74) is 3.35. The minimum atomic E-state index is 0.00677. The molecule has 2 saturated heterocycles. The summed E-state index contributed by atoms with van der Waals surface area (Å²) in [6, 6.07) is 10.2. The Balaban J connectivity index is 1.46. The number of nitrogens with zero attached hydrogens (tertiary/aromatic N) is 3. The van der Waals surface area contributed by atoms with E-state index in [2.05, 4.69) is 22.2 Å². The lowest BCUT2D eigenvalue weighted by molar-refractivity contribution is -0.131. The van der Waals surface area contributed by atoms with E-state index in [1.807, 2.05) is 44.0 Å². The van der Waals surface area contributed by atoms with E-state index >= 15 is 0 Å².